The molecule has 0 aliphatic carbocycles. The molecule has 2 aromatic heterocycles. The Morgan fingerprint density at radius 1 is 1.18 bits per heavy atom. The lowest BCUT2D eigenvalue weighted by Gasteiger charge is -1.98. The maximum absolute atomic E-state index is 5.26. The quantitative estimate of drug-likeness (QED) is 0.665. The first-order chi connectivity index (χ1) is 10.8. The highest BCUT2D eigenvalue weighted by atomic mass is 32.1. The summed E-state index contributed by atoms with van der Waals surface area (Å²) in [6.07, 6.45) is 4.27. The Balaban J connectivity index is 1.75. The van der Waals surface area contributed by atoms with Crippen LogP contribution >= 0.6 is 11.3 Å². The molecular weight excluding hydrogens is 294 g/mol. The second-order valence-corrected chi connectivity index (χ2v) is 5.69. The largest absolute Gasteiger partial charge is 0.463 e. The maximum atomic E-state index is 5.26. The summed E-state index contributed by atoms with van der Waals surface area (Å²) in [6, 6.07) is 14.1. The van der Waals surface area contributed by atoms with Gasteiger partial charge in [0.15, 0.2) is 0 Å². The van der Waals surface area contributed by atoms with E-state index < -0.39 is 0 Å². The molecule has 0 amide bonds. The van der Waals surface area contributed by atoms with E-state index >= 15 is 0 Å². The van der Waals surface area contributed by atoms with Gasteiger partial charge in [-0.3, -0.25) is 4.99 Å². The molecule has 0 atom stereocenters. The molecule has 0 aliphatic rings. The van der Waals surface area contributed by atoms with E-state index in [-0.39, 0.29) is 0 Å². The van der Waals surface area contributed by atoms with E-state index in [1.54, 1.807) is 23.8 Å². The Labute approximate surface area is 133 Å². The number of thiazole rings is 1. The summed E-state index contributed by atoms with van der Waals surface area (Å²) in [4.78, 5) is 5.56. The molecule has 0 bridgehead atoms. The minimum atomic E-state index is 0.730. The summed E-state index contributed by atoms with van der Waals surface area (Å²) >= 11 is 1.60. The van der Waals surface area contributed by atoms with E-state index in [0.717, 1.165) is 29.2 Å². The minimum Gasteiger partial charge on any atom is -0.463 e. The molecule has 112 valence electrons. The monoisotopic (exact) mass is 311 g/mol. The first kappa shape index (κ1) is 14.5. The van der Waals surface area contributed by atoms with Gasteiger partial charge in [-0.1, -0.05) is 30.3 Å². The van der Waals surface area contributed by atoms with Gasteiger partial charge in [0.25, 0.3) is 0 Å². The fourth-order valence-corrected chi connectivity index (χ4v) is 2.87. The summed E-state index contributed by atoms with van der Waals surface area (Å²) in [7, 11) is 0. The minimum absolute atomic E-state index is 0.730. The van der Waals surface area contributed by atoms with Gasteiger partial charge in [-0.15, -0.1) is 11.3 Å². The number of nitrogens with zero attached hydrogens (tertiary/aromatic N) is 3. The average Bonchev–Trinajstić information content (AvgIpc) is 3.17. The summed E-state index contributed by atoms with van der Waals surface area (Å²) in [5, 5.41) is 6.50. The zero-order valence-corrected chi connectivity index (χ0v) is 13.2. The van der Waals surface area contributed by atoms with Crippen LogP contribution in [-0.4, -0.2) is 17.4 Å². The summed E-state index contributed by atoms with van der Waals surface area (Å²) in [5.74, 6) is 0.730. The Kier molecular flexibility index (Phi) is 4.65. The molecule has 1 aromatic carbocycles. The van der Waals surface area contributed by atoms with Crippen molar-refractivity contribution >= 4 is 17.6 Å². The number of hydrogen-bond donors (Lipinski definition) is 0. The molecule has 4 nitrogen and oxygen atoms in total. The smallest absolute Gasteiger partial charge is 0.205 e. The highest BCUT2D eigenvalue weighted by Gasteiger charge is 1.99. The van der Waals surface area contributed by atoms with Crippen molar-refractivity contribution in [3.63, 3.8) is 0 Å². The lowest BCUT2D eigenvalue weighted by molar-refractivity contribution is 0.559. The summed E-state index contributed by atoms with van der Waals surface area (Å²) in [6.45, 7) is 2.77. The molecule has 22 heavy (non-hydrogen) atoms. The predicted molar refractivity (Wildman–Crippen MR) is 89.3 cm³/mol. The molecule has 0 fully saturated rings. The van der Waals surface area contributed by atoms with Crippen molar-refractivity contribution in [3.05, 3.63) is 75.9 Å². The van der Waals surface area contributed by atoms with Crippen molar-refractivity contribution in [1.29, 1.82) is 0 Å². The third-order valence-electron chi connectivity index (χ3n) is 3.18. The average molecular weight is 311 g/mol. The highest BCUT2D eigenvalue weighted by Crippen LogP contribution is 2.02. The van der Waals surface area contributed by atoms with E-state index in [0.29, 0.717) is 0 Å². The zero-order valence-electron chi connectivity index (χ0n) is 12.3. The number of benzene rings is 1. The van der Waals surface area contributed by atoms with Crippen LogP contribution < -0.4 is 4.80 Å². The molecule has 0 saturated carbocycles. The van der Waals surface area contributed by atoms with Crippen molar-refractivity contribution in [2.75, 3.05) is 6.54 Å². The SMILES string of the molecule is Cc1csc(=NCCc2ccccc2)n1/N=C\c1ccco1. The third-order valence-corrected chi connectivity index (χ3v) is 4.16. The van der Waals surface area contributed by atoms with Gasteiger partial charge >= 0.3 is 0 Å². The predicted octanol–water partition coefficient (Wildman–Crippen LogP) is 3.48. The first-order valence-corrected chi connectivity index (χ1v) is 8.00. The summed E-state index contributed by atoms with van der Waals surface area (Å²) < 4.78 is 7.11. The number of aryl methyl sites for hydroxylation is 1. The normalized spacial score (nSPS) is 12.3. The van der Waals surface area contributed by atoms with Gasteiger partial charge in [-0.25, -0.2) is 4.68 Å². The second kappa shape index (κ2) is 7.04. The van der Waals surface area contributed by atoms with Crippen LogP contribution in [0.5, 0.6) is 0 Å². The lowest BCUT2D eigenvalue weighted by Crippen LogP contribution is -2.13. The van der Waals surface area contributed by atoms with Crippen molar-refractivity contribution in [1.82, 2.24) is 4.68 Å². The van der Waals surface area contributed by atoms with Gasteiger partial charge in [0.1, 0.15) is 5.76 Å². The number of hydrogen-bond acceptors (Lipinski definition) is 4. The van der Waals surface area contributed by atoms with Crippen molar-refractivity contribution in [2.45, 2.75) is 13.3 Å². The van der Waals surface area contributed by atoms with Crippen LogP contribution in [0.2, 0.25) is 0 Å². The molecular formula is C17H17N3OS. The van der Waals surface area contributed by atoms with Crippen LogP contribution in [0.4, 0.5) is 0 Å². The molecule has 3 rings (SSSR count). The van der Waals surface area contributed by atoms with Gasteiger partial charge in [-0.05, 0) is 31.0 Å². The van der Waals surface area contributed by atoms with Gasteiger partial charge in [-0.2, -0.15) is 5.10 Å². The van der Waals surface area contributed by atoms with E-state index in [1.165, 1.54) is 5.56 Å². The van der Waals surface area contributed by atoms with Crippen molar-refractivity contribution < 1.29 is 4.42 Å². The molecule has 0 N–H and O–H groups in total. The maximum Gasteiger partial charge on any atom is 0.205 e. The number of aromatic nitrogens is 1. The third kappa shape index (κ3) is 3.62. The number of furan rings is 1. The van der Waals surface area contributed by atoms with E-state index in [9.17, 15) is 0 Å². The van der Waals surface area contributed by atoms with Crippen LogP contribution in [0.1, 0.15) is 17.0 Å². The summed E-state index contributed by atoms with van der Waals surface area (Å²) in [5.41, 5.74) is 2.36. The van der Waals surface area contributed by atoms with Gasteiger partial charge in [0, 0.05) is 11.9 Å². The Hall–Kier alpha value is -2.40. The molecule has 0 spiro atoms. The molecule has 5 heteroatoms. The van der Waals surface area contributed by atoms with Gasteiger partial charge < -0.3 is 4.42 Å². The van der Waals surface area contributed by atoms with Crippen molar-refractivity contribution in [3.8, 4) is 0 Å². The van der Waals surface area contributed by atoms with Crippen LogP contribution in [0, 0.1) is 6.92 Å². The Morgan fingerprint density at radius 2 is 2.05 bits per heavy atom. The van der Waals surface area contributed by atoms with E-state index in [4.69, 9.17) is 4.42 Å². The molecule has 0 unspecified atom stereocenters. The van der Waals surface area contributed by atoms with Gasteiger partial charge in [0.05, 0.1) is 18.2 Å². The van der Waals surface area contributed by atoms with E-state index in [1.807, 2.05) is 29.8 Å². The van der Waals surface area contributed by atoms with Crippen molar-refractivity contribution in [2.24, 2.45) is 10.1 Å². The van der Waals surface area contributed by atoms with Crippen LogP contribution in [-0.2, 0) is 6.42 Å². The fraction of sp³-hybridized carbons (Fsp3) is 0.176. The first-order valence-electron chi connectivity index (χ1n) is 7.12. The van der Waals surface area contributed by atoms with Crippen LogP contribution in [0.15, 0.2) is 68.6 Å². The molecule has 3 aromatic rings. The van der Waals surface area contributed by atoms with Gasteiger partial charge in [0.2, 0.25) is 4.80 Å². The Bertz CT molecular complexity index is 798. The standard InChI is InChI=1S/C17H17N3OS/c1-14-13-22-17(18-10-9-15-6-3-2-4-7-15)20(14)19-12-16-8-5-11-21-16/h2-8,11-13H,9-10H2,1H3/b18-17?,19-12-. The Morgan fingerprint density at radius 3 is 2.82 bits per heavy atom. The zero-order chi connectivity index (χ0) is 15.2. The fourth-order valence-electron chi connectivity index (χ4n) is 2.04. The highest BCUT2D eigenvalue weighted by molar-refractivity contribution is 7.07. The second-order valence-electron chi connectivity index (χ2n) is 4.85. The molecule has 0 saturated heterocycles. The molecule has 2 heterocycles. The molecule has 0 radical (unpaired) electrons. The number of rotatable bonds is 5. The molecule has 0 aliphatic heterocycles. The van der Waals surface area contributed by atoms with Crippen LogP contribution in [0.25, 0.3) is 0 Å². The topological polar surface area (TPSA) is 42.8 Å². The van der Waals surface area contributed by atoms with E-state index in [2.05, 4.69) is 39.7 Å². The van der Waals surface area contributed by atoms with Crippen LogP contribution in [0.3, 0.4) is 0 Å². The lowest BCUT2D eigenvalue weighted by atomic mass is 10.2.